The van der Waals surface area contributed by atoms with Gasteiger partial charge in [-0.2, -0.15) is 0 Å². The molecule has 8 bridgehead atoms. The van der Waals surface area contributed by atoms with Crippen LogP contribution in [0.2, 0.25) is 0 Å². The first-order valence-electron chi connectivity index (χ1n) is 14.6. The molecule has 11 nitrogen and oxygen atoms in total. The molecule has 1 aromatic rings. The van der Waals surface area contributed by atoms with Crippen molar-refractivity contribution in [1.82, 2.24) is 4.98 Å². The van der Waals surface area contributed by atoms with Crippen LogP contribution in [0.15, 0.2) is 78.3 Å². The molecule has 0 unspecified atom stereocenters. The van der Waals surface area contributed by atoms with E-state index in [1.807, 2.05) is 39.8 Å². The number of aliphatic carboxylic acids is 3. The van der Waals surface area contributed by atoms with Gasteiger partial charge in [0.15, 0.2) is 0 Å². The monoisotopic (exact) mass is 610 g/mol. The van der Waals surface area contributed by atoms with Crippen molar-refractivity contribution in [3.8, 4) is 0 Å². The first-order chi connectivity index (χ1) is 21.3. The first kappa shape index (κ1) is 31.1. The van der Waals surface area contributed by atoms with Crippen molar-refractivity contribution in [3.05, 3.63) is 85.9 Å². The standard InChI is InChI=1S/C34H34N4O7/c1-7-18-14(3)21-11-23-16(5)20(9-10-27(39)40)30(37-23)29(32(41)34(44)45)31-28(33(42)43)17(6)24(38-31)13-26-19(8-2)15(4)22(36-26)12-25(18)35-21/h7,11-13,16,20,35,41H,1,8-10H2,2-6H3,(H,39,40)(H,42,43)(H,44,45)/b22-12?,23-11?,24-13?,32-29-/t16-,20-/m0/s1. The average Bonchev–Trinajstić information content (AvgIpc) is 3.65. The molecule has 2 atom stereocenters. The van der Waals surface area contributed by atoms with Crippen LogP contribution in [0, 0.1) is 18.8 Å². The zero-order valence-electron chi connectivity index (χ0n) is 25.6. The van der Waals surface area contributed by atoms with Crippen molar-refractivity contribution in [2.45, 2.75) is 53.9 Å². The second kappa shape index (κ2) is 11.6. The summed E-state index contributed by atoms with van der Waals surface area (Å²) < 4.78 is 0. The van der Waals surface area contributed by atoms with E-state index < -0.39 is 35.5 Å². The SMILES string of the molecule is C=Cc1c2[nH]c(c1C)C=C1N=C(/C(=C(/O)C(=O)O)C3=NC(=CC4=NC(=C2)C(C)=C4CC)C(C)=C3C(=O)O)[C@@H](CCC(=O)O)[C@@H]1C. The lowest BCUT2D eigenvalue weighted by atomic mass is 9.81. The van der Waals surface area contributed by atoms with Gasteiger partial charge in [-0.3, -0.25) is 9.79 Å². The number of nitrogens with zero attached hydrogens (tertiary/aromatic N) is 3. The van der Waals surface area contributed by atoms with Gasteiger partial charge in [0, 0.05) is 40.9 Å². The number of aliphatic hydroxyl groups excluding tert-OH is 1. The number of H-pyrrole nitrogens is 1. The number of aliphatic hydroxyl groups is 1. The first-order valence-corrected chi connectivity index (χ1v) is 14.6. The van der Waals surface area contributed by atoms with Gasteiger partial charge >= 0.3 is 17.9 Å². The lowest BCUT2D eigenvalue weighted by molar-refractivity contribution is -0.137. The highest BCUT2D eigenvalue weighted by Gasteiger charge is 2.42. The van der Waals surface area contributed by atoms with E-state index >= 15 is 0 Å². The molecular weight excluding hydrogens is 576 g/mol. The number of hydrogen-bond donors (Lipinski definition) is 5. The predicted octanol–water partition coefficient (Wildman–Crippen LogP) is 6.05. The van der Waals surface area contributed by atoms with Gasteiger partial charge < -0.3 is 25.4 Å². The average molecular weight is 611 g/mol. The molecule has 0 aliphatic carbocycles. The molecule has 0 fully saturated rings. The molecule has 0 aromatic carbocycles. The Balaban J connectivity index is 1.91. The number of hydrogen-bond acceptors (Lipinski definition) is 7. The Labute approximate surface area is 259 Å². The molecule has 0 saturated heterocycles. The van der Waals surface area contributed by atoms with Gasteiger partial charge in [0.1, 0.15) is 0 Å². The summed E-state index contributed by atoms with van der Waals surface area (Å²) in [6, 6.07) is 0. The third-order valence-corrected chi connectivity index (χ3v) is 8.87. The summed E-state index contributed by atoms with van der Waals surface area (Å²) in [4.78, 5) is 54.3. The summed E-state index contributed by atoms with van der Waals surface area (Å²) >= 11 is 0. The minimum Gasteiger partial charge on any atom is -0.501 e. The van der Waals surface area contributed by atoms with Gasteiger partial charge in [0.05, 0.1) is 39.7 Å². The number of carboxylic acid groups (broad SMARTS) is 3. The Kier molecular flexibility index (Phi) is 8.05. The fourth-order valence-electron chi connectivity index (χ4n) is 6.37. The van der Waals surface area contributed by atoms with E-state index in [0.717, 1.165) is 28.0 Å². The van der Waals surface area contributed by atoms with Crippen LogP contribution in [0.25, 0.3) is 18.2 Å². The van der Waals surface area contributed by atoms with Gasteiger partial charge in [-0.15, -0.1) is 0 Å². The van der Waals surface area contributed by atoms with Crippen molar-refractivity contribution in [2.75, 3.05) is 0 Å². The van der Waals surface area contributed by atoms with Gasteiger partial charge in [0.25, 0.3) is 0 Å². The van der Waals surface area contributed by atoms with Crippen LogP contribution in [0.5, 0.6) is 0 Å². The van der Waals surface area contributed by atoms with Gasteiger partial charge in [-0.25, -0.2) is 19.6 Å². The molecule has 1 aromatic heterocycles. The molecule has 45 heavy (non-hydrogen) atoms. The number of carboxylic acids is 3. The number of carbonyl (C=O) groups is 3. The quantitative estimate of drug-likeness (QED) is 0.184. The predicted molar refractivity (Wildman–Crippen MR) is 172 cm³/mol. The summed E-state index contributed by atoms with van der Waals surface area (Å²) in [5, 5.41) is 40.9. The number of aromatic amines is 1. The van der Waals surface area contributed by atoms with Crippen LogP contribution in [-0.2, 0) is 14.4 Å². The Morgan fingerprint density at radius 2 is 1.64 bits per heavy atom. The highest BCUT2D eigenvalue weighted by Crippen LogP contribution is 2.42. The maximum Gasteiger partial charge on any atom is 0.371 e. The van der Waals surface area contributed by atoms with Crippen molar-refractivity contribution >= 4 is 53.3 Å². The molecule has 5 heterocycles. The van der Waals surface area contributed by atoms with E-state index in [0.29, 0.717) is 29.2 Å². The van der Waals surface area contributed by atoms with Gasteiger partial charge in [-0.05, 0) is 74.1 Å². The summed E-state index contributed by atoms with van der Waals surface area (Å²) in [5.41, 5.74) is 6.58. The summed E-state index contributed by atoms with van der Waals surface area (Å²) in [7, 11) is 0. The van der Waals surface area contributed by atoms with E-state index in [1.165, 1.54) is 0 Å². The molecule has 4 aliphatic heterocycles. The minimum atomic E-state index is -1.70. The maximum absolute atomic E-state index is 12.7. The Morgan fingerprint density at radius 1 is 0.956 bits per heavy atom. The zero-order valence-corrected chi connectivity index (χ0v) is 25.6. The number of rotatable bonds is 7. The third-order valence-electron chi connectivity index (χ3n) is 8.87. The van der Waals surface area contributed by atoms with Crippen LogP contribution >= 0.6 is 0 Å². The zero-order chi connectivity index (χ0) is 32.9. The third kappa shape index (κ3) is 5.24. The fraction of sp³-hybridized carbons (Fsp3) is 0.294. The Morgan fingerprint density at radius 3 is 2.24 bits per heavy atom. The number of allylic oxidation sites excluding steroid dienone is 6. The van der Waals surface area contributed by atoms with Crippen molar-refractivity contribution in [1.29, 1.82) is 0 Å². The molecule has 0 radical (unpaired) electrons. The van der Waals surface area contributed by atoms with Crippen LogP contribution in [-0.4, -0.2) is 60.5 Å². The van der Waals surface area contributed by atoms with E-state index in [2.05, 4.69) is 16.6 Å². The van der Waals surface area contributed by atoms with E-state index in [1.54, 1.807) is 19.1 Å². The highest BCUT2D eigenvalue weighted by atomic mass is 16.4. The summed E-state index contributed by atoms with van der Waals surface area (Å²) in [5.74, 6) is -6.34. The number of nitrogens with one attached hydrogen (secondary N) is 1. The second-order valence-electron chi connectivity index (χ2n) is 11.4. The van der Waals surface area contributed by atoms with E-state index in [-0.39, 0.29) is 46.7 Å². The largest absolute Gasteiger partial charge is 0.501 e. The second-order valence-corrected chi connectivity index (χ2v) is 11.4. The van der Waals surface area contributed by atoms with Crippen molar-refractivity contribution in [3.63, 3.8) is 0 Å². The van der Waals surface area contributed by atoms with Crippen LogP contribution in [0.3, 0.4) is 0 Å². The highest BCUT2D eigenvalue weighted by molar-refractivity contribution is 6.40. The molecule has 5 rings (SSSR count). The van der Waals surface area contributed by atoms with Gasteiger partial charge in [-0.1, -0.05) is 26.5 Å². The molecule has 5 N–H and O–H groups in total. The van der Waals surface area contributed by atoms with Crippen LogP contribution in [0.1, 0.15) is 69.5 Å². The van der Waals surface area contributed by atoms with Crippen LogP contribution in [0.4, 0.5) is 0 Å². The number of fused-ring (bicyclic) bond motifs is 5. The maximum atomic E-state index is 12.7. The number of aliphatic imine (C=N–C) groups is 3. The lowest BCUT2D eigenvalue weighted by Gasteiger charge is -2.20. The molecule has 4 aliphatic rings. The molecule has 0 amide bonds. The normalized spacial score (nSPS) is 22.0. The Hall–Kier alpha value is -5.32. The van der Waals surface area contributed by atoms with E-state index in [9.17, 15) is 34.8 Å². The summed E-state index contributed by atoms with van der Waals surface area (Å²) in [6.45, 7) is 13.3. The van der Waals surface area contributed by atoms with Crippen LogP contribution < -0.4 is 0 Å². The molecule has 232 valence electrons. The minimum absolute atomic E-state index is 0.0594. The van der Waals surface area contributed by atoms with E-state index in [4.69, 9.17) is 9.98 Å². The molecule has 0 saturated carbocycles. The van der Waals surface area contributed by atoms with Crippen molar-refractivity contribution < 1.29 is 34.8 Å². The smallest absolute Gasteiger partial charge is 0.371 e. The molecule has 0 spiro atoms. The molecule has 11 heteroatoms. The summed E-state index contributed by atoms with van der Waals surface area (Å²) in [6.07, 6.45) is 7.60. The van der Waals surface area contributed by atoms with Crippen molar-refractivity contribution in [2.24, 2.45) is 26.8 Å². The number of aromatic nitrogens is 1. The van der Waals surface area contributed by atoms with Gasteiger partial charge in [0.2, 0.25) is 5.76 Å². The topological polar surface area (TPSA) is 185 Å². The Bertz CT molecular complexity index is 1880. The molecular formula is C34H34N4O7. The lowest BCUT2D eigenvalue weighted by Crippen LogP contribution is -2.28. The fourth-order valence-corrected chi connectivity index (χ4v) is 6.37.